The molecule has 0 saturated carbocycles. The van der Waals surface area contributed by atoms with E-state index in [1.165, 1.54) is 0 Å². The second-order valence-electron chi connectivity index (χ2n) is 3.00. The van der Waals surface area contributed by atoms with Crippen LogP contribution < -0.4 is 5.43 Å². The fourth-order valence-electron chi connectivity index (χ4n) is 0.939. The second kappa shape index (κ2) is 4.60. The van der Waals surface area contributed by atoms with Crippen molar-refractivity contribution >= 4 is 15.9 Å². The van der Waals surface area contributed by atoms with Gasteiger partial charge in [0.1, 0.15) is 5.75 Å². The summed E-state index contributed by atoms with van der Waals surface area (Å²) in [5.41, 5.74) is 3.96. The molecule has 0 heterocycles. The van der Waals surface area contributed by atoms with E-state index in [0.29, 0.717) is 12.3 Å². The van der Waals surface area contributed by atoms with Gasteiger partial charge in [-0.3, -0.25) is 10.4 Å². The maximum absolute atomic E-state index is 9.47. The van der Waals surface area contributed by atoms with E-state index in [9.17, 15) is 5.11 Å². The third-order valence-electron chi connectivity index (χ3n) is 1.63. The Labute approximate surface area is 86.5 Å². The maximum atomic E-state index is 9.47. The molecule has 0 aliphatic rings. The lowest BCUT2D eigenvalue weighted by Crippen LogP contribution is -2.29. The van der Waals surface area contributed by atoms with Crippen molar-refractivity contribution < 1.29 is 5.11 Å². The molecule has 0 aliphatic heterocycles. The monoisotopic (exact) mass is 244 g/mol. The molecule has 0 amide bonds. The Morgan fingerprint density at radius 1 is 1.46 bits per heavy atom. The van der Waals surface area contributed by atoms with Crippen LogP contribution in [0.3, 0.4) is 0 Å². The smallest absolute Gasteiger partial charge is 0.120 e. The Hall–Kier alpha value is -0.580. The summed E-state index contributed by atoms with van der Waals surface area (Å²) in [6, 6.07) is 5.39. The highest BCUT2D eigenvalue weighted by molar-refractivity contribution is 9.10. The molecular formula is C9H13BrN2O. The second-order valence-corrected chi connectivity index (χ2v) is 3.92. The molecule has 13 heavy (non-hydrogen) atoms. The van der Waals surface area contributed by atoms with Crippen LogP contribution in [0.1, 0.15) is 5.56 Å². The molecule has 0 aromatic heterocycles. The van der Waals surface area contributed by atoms with Crippen molar-refractivity contribution in [1.82, 2.24) is 10.4 Å². The van der Waals surface area contributed by atoms with Crippen LogP contribution in [-0.4, -0.2) is 24.2 Å². The van der Waals surface area contributed by atoms with E-state index in [0.717, 1.165) is 10.0 Å². The fraction of sp³-hybridized carbons (Fsp3) is 0.333. The van der Waals surface area contributed by atoms with Gasteiger partial charge in [0, 0.05) is 30.7 Å². The van der Waals surface area contributed by atoms with Crippen molar-refractivity contribution in [3.8, 4) is 5.75 Å². The first-order valence-electron chi connectivity index (χ1n) is 3.98. The number of rotatable bonds is 3. The molecule has 4 heteroatoms. The van der Waals surface area contributed by atoms with E-state index in [4.69, 9.17) is 0 Å². The van der Waals surface area contributed by atoms with Crippen LogP contribution in [0, 0.1) is 0 Å². The van der Waals surface area contributed by atoms with Gasteiger partial charge in [-0.1, -0.05) is 15.9 Å². The van der Waals surface area contributed by atoms with Crippen LogP contribution in [0.15, 0.2) is 22.7 Å². The van der Waals surface area contributed by atoms with Gasteiger partial charge in [-0.2, -0.15) is 0 Å². The zero-order valence-corrected chi connectivity index (χ0v) is 9.30. The third-order valence-corrected chi connectivity index (χ3v) is 2.12. The lowest BCUT2D eigenvalue weighted by molar-refractivity contribution is 0.283. The first kappa shape index (κ1) is 10.5. The van der Waals surface area contributed by atoms with Crippen LogP contribution in [0.4, 0.5) is 0 Å². The number of hydrogen-bond acceptors (Lipinski definition) is 3. The minimum atomic E-state index is 0.317. The Morgan fingerprint density at radius 3 is 2.77 bits per heavy atom. The number of hydrazine groups is 1. The molecule has 0 radical (unpaired) electrons. The van der Waals surface area contributed by atoms with Gasteiger partial charge >= 0.3 is 0 Å². The normalized spacial score (nSPS) is 10.8. The number of nitrogens with one attached hydrogen (secondary N) is 1. The summed E-state index contributed by atoms with van der Waals surface area (Å²) in [7, 11) is 3.82. The Bertz CT molecular complexity index is 289. The number of phenolic OH excluding ortho intramolecular Hbond substituents is 1. The number of benzene rings is 1. The standard InChI is InChI=1S/C9H13BrN2O/c1-12(2)11-6-7-5-8(10)3-4-9(7)13/h3-5,11,13H,6H2,1-2H3. The fourth-order valence-corrected chi connectivity index (χ4v) is 1.35. The predicted octanol–water partition coefficient (Wildman–Crippen LogP) is 1.72. The van der Waals surface area contributed by atoms with Gasteiger partial charge < -0.3 is 5.11 Å². The predicted molar refractivity (Wildman–Crippen MR) is 56.3 cm³/mol. The van der Waals surface area contributed by atoms with Gasteiger partial charge in [0.15, 0.2) is 0 Å². The zero-order chi connectivity index (χ0) is 9.84. The maximum Gasteiger partial charge on any atom is 0.120 e. The SMILES string of the molecule is CN(C)NCc1cc(Br)ccc1O. The molecule has 1 rings (SSSR count). The molecule has 0 aliphatic carbocycles. The molecular weight excluding hydrogens is 232 g/mol. The van der Waals surface area contributed by atoms with Crippen LogP contribution >= 0.6 is 15.9 Å². The van der Waals surface area contributed by atoms with E-state index in [1.54, 1.807) is 6.07 Å². The van der Waals surface area contributed by atoms with Gasteiger partial charge in [-0.05, 0) is 18.2 Å². The number of nitrogens with zero attached hydrogens (tertiary/aromatic N) is 1. The third kappa shape index (κ3) is 3.34. The quantitative estimate of drug-likeness (QED) is 0.796. The van der Waals surface area contributed by atoms with Gasteiger partial charge in [0.05, 0.1) is 0 Å². The van der Waals surface area contributed by atoms with Gasteiger partial charge in [0.25, 0.3) is 0 Å². The average molecular weight is 245 g/mol. The summed E-state index contributed by atoms with van der Waals surface area (Å²) < 4.78 is 0.973. The van der Waals surface area contributed by atoms with Crippen molar-refractivity contribution in [1.29, 1.82) is 0 Å². The molecule has 0 fully saturated rings. The first-order valence-corrected chi connectivity index (χ1v) is 4.77. The van der Waals surface area contributed by atoms with E-state index in [2.05, 4.69) is 21.4 Å². The summed E-state index contributed by atoms with van der Waals surface area (Å²) in [5, 5.41) is 11.3. The zero-order valence-electron chi connectivity index (χ0n) is 7.71. The van der Waals surface area contributed by atoms with Crippen LogP contribution in [0.5, 0.6) is 5.75 Å². The minimum Gasteiger partial charge on any atom is -0.508 e. The molecule has 1 aromatic rings. The topological polar surface area (TPSA) is 35.5 Å². The van der Waals surface area contributed by atoms with E-state index < -0.39 is 0 Å². The Morgan fingerprint density at radius 2 is 2.15 bits per heavy atom. The molecule has 0 atom stereocenters. The lowest BCUT2D eigenvalue weighted by Gasteiger charge is -2.12. The molecule has 0 saturated heterocycles. The van der Waals surface area contributed by atoms with E-state index in [-0.39, 0.29) is 0 Å². The van der Waals surface area contributed by atoms with E-state index in [1.807, 2.05) is 31.2 Å². The lowest BCUT2D eigenvalue weighted by atomic mass is 10.2. The van der Waals surface area contributed by atoms with Crippen LogP contribution in [0.25, 0.3) is 0 Å². The van der Waals surface area contributed by atoms with Gasteiger partial charge in [0.2, 0.25) is 0 Å². The van der Waals surface area contributed by atoms with Crippen molar-refractivity contribution in [3.63, 3.8) is 0 Å². The van der Waals surface area contributed by atoms with Crippen molar-refractivity contribution in [2.45, 2.75) is 6.54 Å². The Kier molecular flexibility index (Phi) is 3.71. The molecule has 1 aromatic carbocycles. The highest BCUT2D eigenvalue weighted by Crippen LogP contribution is 2.21. The minimum absolute atomic E-state index is 0.317. The Balaban J connectivity index is 2.70. The molecule has 3 nitrogen and oxygen atoms in total. The van der Waals surface area contributed by atoms with Crippen molar-refractivity contribution in [2.75, 3.05) is 14.1 Å². The number of aromatic hydroxyl groups is 1. The van der Waals surface area contributed by atoms with Crippen molar-refractivity contribution in [2.24, 2.45) is 0 Å². The van der Waals surface area contributed by atoms with Crippen LogP contribution in [-0.2, 0) is 6.54 Å². The van der Waals surface area contributed by atoms with Gasteiger partial charge in [-0.15, -0.1) is 0 Å². The van der Waals surface area contributed by atoms with Crippen LogP contribution in [0.2, 0.25) is 0 Å². The number of phenols is 1. The summed E-state index contributed by atoms with van der Waals surface area (Å²) in [6.45, 7) is 0.623. The largest absolute Gasteiger partial charge is 0.508 e. The summed E-state index contributed by atoms with van der Waals surface area (Å²) >= 11 is 3.35. The number of hydrogen-bond donors (Lipinski definition) is 2. The summed E-state index contributed by atoms with van der Waals surface area (Å²) in [4.78, 5) is 0. The van der Waals surface area contributed by atoms with E-state index >= 15 is 0 Å². The highest BCUT2D eigenvalue weighted by Gasteiger charge is 2.01. The molecule has 0 unspecified atom stereocenters. The summed E-state index contributed by atoms with van der Waals surface area (Å²) in [6.07, 6.45) is 0. The molecule has 0 bridgehead atoms. The average Bonchev–Trinajstić information content (AvgIpc) is 2.06. The summed E-state index contributed by atoms with van der Waals surface area (Å²) in [5.74, 6) is 0.317. The molecule has 2 N–H and O–H groups in total. The first-order chi connectivity index (χ1) is 6.09. The molecule has 72 valence electrons. The number of halogens is 1. The highest BCUT2D eigenvalue weighted by atomic mass is 79.9. The van der Waals surface area contributed by atoms with Crippen molar-refractivity contribution in [3.05, 3.63) is 28.2 Å². The van der Waals surface area contributed by atoms with Gasteiger partial charge in [-0.25, -0.2) is 0 Å². The molecule has 0 spiro atoms.